The highest BCUT2D eigenvalue weighted by molar-refractivity contribution is 9.10. The molecule has 1 heterocycles. The maximum atomic E-state index is 12.1. The molecule has 1 aromatic carbocycles. The largest absolute Gasteiger partial charge is 0.362 e. The monoisotopic (exact) mass is 370 g/mol. The molecule has 0 unspecified atom stereocenters. The molecule has 96 valence electrons. The van der Waals surface area contributed by atoms with Gasteiger partial charge in [-0.3, -0.25) is 4.72 Å². The van der Waals surface area contributed by atoms with Crippen molar-refractivity contribution < 1.29 is 12.9 Å². The van der Waals surface area contributed by atoms with E-state index in [4.69, 9.17) is 23.2 Å². The maximum Gasteiger partial charge on any atom is 0.265 e. The lowest BCUT2D eigenvalue weighted by molar-refractivity contribution is 0.420. The van der Waals surface area contributed by atoms with Crippen molar-refractivity contribution >= 4 is 54.8 Å². The molecule has 0 radical (unpaired) electrons. The van der Waals surface area contributed by atoms with Crippen LogP contribution < -0.4 is 4.72 Å². The highest BCUT2D eigenvalue weighted by Crippen LogP contribution is 2.33. The second-order valence-corrected chi connectivity index (χ2v) is 6.57. The van der Waals surface area contributed by atoms with E-state index >= 15 is 0 Å². The molecule has 1 N–H and O–H groups in total. The molecule has 0 bridgehead atoms. The van der Waals surface area contributed by atoms with Crippen LogP contribution in [-0.4, -0.2) is 13.6 Å². The summed E-state index contributed by atoms with van der Waals surface area (Å²) < 4.78 is 31.5. The minimum Gasteiger partial charge on any atom is -0.362 e. The van der Waals surface area contributed by atoms with Gasteiger partial charge in [-0.05, 0) is 12.1 Å². The van der Waals surface area contributed by atoms with E-state index in [1.54, 1.807) is 0 Å². The zero-order valence-electron chi connectivity index (χ0n) is 8.52. The van der Waals surface area contributed by atoms with E-state index in [1.807, 2.05) is 0 Å². The third-order valence-corrected chi connectivity index (χ3v) is 4.68. The van der Waals surface area contributed by atoms with Gasteiger partial charge in [0.2, 0.25) is 0 Å². The number of anilines is 1. The molecule has 18 heavy (non-hydrogen) atoms. The van der Waals surface area contributed by atoms with Gasteiger partial charge in [0.05, 0.1) is 16.2 Å². The molecule has 2 rings (SSSR count). The first kappa shape index (κ1) is 13.7. The van der Waals surface area contributed by atoms with Gasteiger partial charge >= 0.3 is 0 Å². The predicted octanol–water partition coefficient (Wildman–Crippen LogP) is 3.54. The number of aromatic nitrogens is 1. The van der Waals surface area contributed by atoms with Crippen LogP contribution in [0.25, 0.3) is 0 Å². The molecule has 1 aromatic heterocycles. The topological polar surface area (TPSA) is 72.2 Å². The average Bonchev–Trinajstić information content (AvgIpc) is 2.66. The van der Waals surface area contributed by atoms with Gasteiger partial charge in [0.25, 0.3) is 10.0 Å². The summed E-state index contributed by atoms with van der Waals surface area (Å²) in [7, 11) is -3.90. The van der Waals surface area contributed by atoms with E-state index in [1.165, 1.54) is 18.3 Å². The van der Waals surface area contributed by atoms with Gasteiger partial charge in [-0.15, -0.1) is 0 Å². The Kier molecular flexibility index (Phi) is 3.86. The van der Waals surface area contributed by atoms with Gasteiger partial charge in [0.1, 0.15) is 16.8 Å². The second kappa shape index (κ2) is 5.08. The van der Waals surface area contributed by atoms with Gasteiger partial charge in [-0.1, -0.05) is 44.3 Å². The highest BCUT2D eigenvalue weighted by atomic mass is 79.9. The number of nitrogens with zero attached hydrogens (tertiary/aromatic N) is 1. The number of hydrogen-bond acceptors (Lipinski definition) is 4. The SMILES string of the molecule is O=S(=O)(Nc1cnoc1)c1c(Cl)cc(Br)cc1Cl. The Morgan fingerprint density at radius 2 is 1.89 bits per heavy atom. The Hall–Kier alpha value is -0.760. The summed E-state index contributed by atoms with van der Waals surface area (Å²) in [6.07, 6.45) is 2.37. The molecule has 0 amide bonds. The summed E-state index contributed by atoms with van der Waals surface area (Å²) in [4.78, 5) is -0.199. The van der Waals surface area contributed by atoms with Crippen molar-refractivity contribution in [3.63, 3.8) is 0 Å². The third-order valence-electron chi connectivity index (χ3n) is 1.92. The smallest absolute Gasteiger partial charge is 0.265 e. The Labute approximate surface area is 121 Å². The van der Waals surface area contributed by atoms with Crippen molar-refractivity contribution in [2.75, 3.05) is 4.72 Å². The molecular formula is C9H5BrCl2N2O3S. The number of rotatable bonds is 3. The fraction of sp³-hybridized carbons (Fsp3) is 0. The van der Waals surface area contributed by atoms with Crippen LogP contribution in [0.3, 0.4) is 0 Å². The van der Waals surface area contributed by atoms with E-state index in [2.05, 4.69) is 30.3 Å². The number of benzene rings is 1. The summed E-state index contributed by atoms with van der Waals surface area (Å²) in [6.45, 7) is 0. The Bertz CT molecular complexity index is 650. The quantitative estimate of drug-likeness (QED) is 0.895. The van der Waals surface area contributed by atoms with Crippen molar-refractivity contribution in [2.45, 2.75) is 4.90 Å². The van der Waals surface area contributed by atoms with Gasteiger partial charge in [-0.2, -0.15) is 0 Å². The molecule has 0 aliphatic heterocycles. The number of nitrogens with one attached hydrogen (secondary N) is 1. The maximum absolute atomic E-state index is 12.1. The van der Waals surface area contributed by atoms with Crippen molar-refractivity contribution in [1.29, 1.82) is 0 Å². The lowest BCUT2D eigenvalue weighted by Crippen LogP contribution is -2.13. The molecular weight excluding hydrogens is 367 g/mol. The van der Waals surface area contributed by atoms with E-state index < -0.39 is 10.0 Å². The fourth-order valence-corrected chi connectivity index (χ4v) is 4.21. The van der Waals surface area contributed by atoms with E-state index in [9.17, 15) is 8.42 Å². The lowest BCUT2D eigenvalue weighted by Gasteiger charge is -2.09. The summed E-state index contributed by atoms with van der Waals surface area (Å²) >= 11 is 14.9. The standard InChI is InChI=1S/C9H5BrCl2N2O3S/c10-5-1-7(11)9(8(12)2-5)18(15,16)14-6-3-13-17-4-6/h1-4,14H. The summed E-state index contributed by atoms with van der Waals surface area (Å²) in [5, 5.41) is 3.41. The summed E-state index contributed by atoms with van der Waals surface area (Å²) in [6, 6.07) is 2.88. The Morgan fingerprint density at radius 1 is 1.28 bits per heavy atom. The highest BCUT2D eigenvalue weighted by Gasteiger charge is 2.23. The van der Waals surface area contributed by atoms with Crippen LogP contribution in [0.4, 0.5) is 5.69 Å². The van der Waals surface area contributed by atoms with Crippen LogP contribution in [0.15, 0.2) is 38.5 Å². The Morgan fingerprint density at radius 3 is 2.39 bits per heavy atom. The third kappa shape index (κ3) is 2.80. The Balaban J connectivity index is 2.48. The van der Waals surface area contributed by atoms with E-state index in [0.717, 1.165) is 6.26 Å². The number of hydrogen-bond donors (Lipinski definition) is 1. The number of halogens is 3. The minimum atomic E-state index is -3.90. The average molecular weight is 372 g/mol. The molecule has 9 heteroatoms. The molecule has 0 saturated carbocycles. The second-order valence-electron chi connectivity index (χ2n) is 3.22. The van der Waals surface area contributed by atoms with E-state index in [0.29, 0.717) is 4.47 Å². The molecule has 5 nitrogen and oxygen atoms in total. The fourth-order valence-electron chi connectivity index (χ4n) is 1.25. The molecule has 0 fully saturated rings. The zero-order chi connectivity index (χ0) is 13.3. The first-order valence-electron chi connectivity index (χ1n) is 4.47. The van der Waals surface area contributed by atoms with Crippen LogP contribution in [0.5, 0.6) is 0 Å². The molecule has 0 aliphatic rings. The van der Waals surface area contributed by atoms with Crippen molar-refractivity contribution in [2.24, 2.45) is 0 Å². The first-order valence-corrected chi connectivity index (χ1v) is 7.50. The van der Waals surface area contributed by atoms with Crippen LogP contribution in [0, 0.1) is 0 Å². The number of sulfonamides is 1. The summed E-state index contributed by atoms with van der Waals surface area (Å²) in [5.41, 5.74) is 0.185. The zero-order valence-corrected chi connectivity index (χ0v) is 12.4. The van der Waals surface area contributed by atoms with E-state index in [-0.39, 0.29) is 20.6 Å². The van der Waals surface area contributed by atoms with Crippen LogP contribution in [0.1, 0.15) is 0 Å². The molecule has 0 aliphatic carbocycles. The van der Waals surface area contributed by atoms with Crippen LogP contribution in [0.2, 0.25) is 10.0 Å². The van der Waals surface area contributed by atoms with Gasteiger partial charge < -0.3 is 4.52 Å². The van der Waals surface area contributed by atoms with Gasteiger partial charge in [0, 0.05) is 4.47 Å². The molecule has 2 aromatic rings. The van der Waals surface area contributed by atoms with Crippen LogP contribution >= 0.6 is 39.1 Å². The van der Waals surface area contributed by atoms with Gasteiger partial charge in [-0.25, -0.2) is 8.42 Å². The van der Waals surface area contributed by atoms with Gasteiger partial charge in [0.15, 0.2) is 0 Å². The minimum absolute atomic E-state index is 0.0123. The molecule has 0 atom stereocenters. The molecule has 0 saturated heterocycles. The van der Waals surface area contributed by atoms with Crippen molar-refractivity contribution in [3.05, 3.63) is 39.1 Å². The first-order chi connectivity index (χ1) is 8.40. The molecule has 0 spiro atoms. The van der Waals surface area contributed by atoms with Crippen molar-refractivity contribution in [3.8, 4) is 0 Å². The lowest BCUT2D eigenvalue weighted by atomic mass is 10.4. The summed E-state index contributed by atoms with van der Waals surface area (Å²) in [5.74, 6) is 0. The van der Waals surface area contributed by atoms with Crippen molar-refractivity contribution in [1.82, 2.24) is 5.16 Å². The van der Waals surface area contributed by atoms with Crippen LogP contribution in [-0.2, 0) is 10.0 Å². The predicted molar refractivity (Wildman–Crippen MR) is 71.5 cm³/mol. The normalized spacial score (nSPS) is 11.5.